The van der Waals surface area contributed by atoms with Crippen molar-refractivity contribution >= 4 is 40.3 Å². The average Bonchev–Trinajstić information content (AvgIpc) is 3.26. The summed E-state index contributed by atoms with van der Waals surface area (Å²) in [6.07, 6.45) is 1.61. The number of thioether (sulfide) groups is 1. The highest BCUT2D eigenvalue weighted by Crippen LogP contribution is 2.25. The number of hydrogen-bond acceptors (Lipinski definition) is 7. The predicted octanol–water partition coefficient (Wildman–Crippen LogP) is 3.12. The van der Waals surface area contributed by atoms with Crippen LogP contribution in [0.3, 0.4) is 0 Å². The second kappa shape index (κ2) is 9.40. The summed E-state index contributed by atoms with van der Waals surface area (Å²) in [4.78, 5) is 14.2. The maximum Gasteiger partial charge on any atom is 0.250 e. The topological polar surface area (TPSA) is 88.3 Å². The summed E-state index contributed by atoms with van der Waals surface area (Å²) in [5.74, 6) is -0.0965. The Hall–Kier alpha value is -3.72. The van der Waals surface area contributed by atoms with Crippen LogP contribution in [-0.4, -0.2) is 52.2 Å². The van der Waals surface area contributed by atoms with Crippen LogP contribution in [0, 0.1) is 0 Å². The minimum absolute atomic E-state index is 0.141. The Balaban J connectivity index is 1.38. The summed E-state index contributed by atoms with van der Waals surface area (Å²) in [5, 5.41) is 18.6. The Bertz CT molecular complexity index is 1210. The molecule has 1 amide bonds. The standard InChI is InChI=1S/C22H21N7OS/c1-28(2)18-12-10-16(11-13-18)14-23-24-21(30)15-31-22-25-26-27-29(22)20-9-5-7-17-6-3-4-8-19(17)20/h3-14H,15H2,1-2H3,(H,24,30)/b23-14+. The van der Waals surface area contributed by atoms with Crippen molar-refractivity contribution in [2.75, 3.05) is 24.7 Å². The molecule has 0 radical (unpaired) electrons. The van der Waals surface area contributed by atoms with E-state index in [0.717, 1.165) is 27.7 Å². The van der Waals surface area contributed by atoms with Gasteiger partial charge in [-0.1, -0.05) is 60.3 Å². The van der Waals surface area contributed by atoms with Gasteiger partial charge < -0.3 is 4.90 Å². The zero-order valence-electron chi connectivity index (χ0n) is 17.1. The van der Waals surface area contributed by atoms with Gasteiger partial charge in [0.1, 0.15) is 0 Å². The first-order valence-corrected chi connectivity index (χ1v) is 10.6. The third kappa shape index (κ3) is 4.89. The number of carbonyl (C=O) groups is 1. The van der Waals surface area contributed by atoms with E-state index in [4.69, 9.17) is 0 Å². The lowest BCUT2D eigenvalue weighted by Crippen LogP contribution is -2.20. The number of hydrogen-bond donors (Lipinski definition) is 1. The highest BCUT2D eigenvalue weighted by Gasteiger charge is 2.13. The van der Waals surface area contributed by atoms with E-state index >= 15 is 0 Å². The van der Waals surface area contributed by atoms with Gasteiger partial charge in [-0.2, -0.15) is 9.78 Å². The van der Waals surface area contributed by atoms with Crippen LogP contribution in [-0.2, 0) is 4.79 Å². The molecule has 0 bridgehead atoms. The van der Waals surface area contributed by atoms with E-state index in [1.807, 2.05) is 85.7 Å². The molecule has 9 heteroatoms. The number of amides is 1. The molecule has 0 spiro atoms. The summed E-state index contributed by atoms with van der Waals surface area (Å²) >= 11 is 1.25. The second-order valence-electron chi connectivity index (χ2n) is 6.94. The van der Waals surface area contributed by atoms with Crippen LogP contribution in [0.15, 0.2) is 77.0 Å². The third-order valence-corrected chi connectivity index (χ3v) is 5.50. The molecular weight excluding hydrogens is 410 g/mol. The van der Waals surface area contributed by atoms with E-state index < -0.39 is 0 Å². The van der Waals surface area contributed by atoms with Crippen molar-refractivity contribution in [1.29, 1.82) is 0 Å². The van der Waals surface area contributed by atoms with Gasteiger partial charge in [-0.3, -0.25) is 4.79 Å². The van der Waals surface area contributed by atoms with Gasteiger partial charge in [0.25, 0.3) is 5.91 Å². The Morgan fingerprint density at radius 2 is 1.87 bits per heavy atom. The predicted molar refractivity (Wildman–Crippen MR) is 124 cm³/mol. The van der Waals surface area contributed by atoms with Crippen molar-refractivity contribution in [2.24, 2.45) is 5.10 Å². The Kier molecular flexibility index (Phi) is 6.23. The van der Waals surface area contributed by atoms with Gasteiger partial charge in [0.2, 0.25) is 5.16 Å². The molecule has 0 saturated heterocycles. The third-order valence-electron chi connectivity index (χ3n) is 4.58. The number of carbonyl (C=O) groups excluding carboxylic acids is 1. The summed E-state index contributed by atoms with van der Waals surface area (Å²) in [6.45, 7) is 0. The molecule has 0 aliphatic heterocycles. The fraction of sp³-hybridized carbons (Fsp3) is 0.136. The largest absolute Gasteiger partial charge is 0.378 e. The van der Waals surface area contributed by atoms with Crippen molar-refractivity contribution in [3.05, 3.63) is 72.3 Å². The molecule has 0 saturated carbocycles. The van der Waals surface area contributed by atoms with Gasteiger partial charge in [0, 0.05) is 25.2 Å². The van der Waals surface area contributed by atoms with E-state index in [2.05, 4.69) is 26.1 Å². The summed E-state index contributed by atoms with van der Waals surface area (Å²) in [5.41, 5.74) is 5.41. The van der Waals surface area contributed by atoms with Crippen LogP contribution >= 0.6 is 11.8 Å². The SMILES string of the molecule is CN(C)c1ccc(/C=N/NC(=O)CSc2nnnn2-c2cccc3ccccc23)cc1. The van der Waals surface area contributed by atoms with Gasteiger partial charge in [-0.25, -0.2) is 5.43 Å². The monoisotopic (exact) mass is 431 g/mol. The lowest BCUT2D eigenvalue weighted by Gasteiger charge is -2.11. The number of benzene rings is 3. The number of rotatable bonds is 7. The van der Waals surface area contributed by atoms with Crippen molar-refractivity contribution in [2.45, 2.75) is 5.16 Å². The summed E-state index contributed by atoms with van der Waals surface area (Å²) in [7, 11) is 3.97. The molecule has 3 aromatic carbocycles. The molecule has 4 aromatic rings. The van der Waals surface area contributed by atoms with E-state index in [0.29, 0.717) is 5.16 Å². The Morgan fingerprint density at radius 3 is 2.68 bits per heavy atom. The Labute approximate surface area is 183 Å². The van der Waals surface area contributed by atoms with Crippen LogP contribution in [0.2, 0.25) is 0 Å². The molecule has 0 unspecified atom stereocenters. The van der Waals surface area contributed by atoms with Crippen molar-refractivity contribution in [3.63, 3.8) is 0 Å². The summed E-state index contributed by atoms with van der Waals surface area (Å²) < 4.78 is 1.65. The molecule has 0 aliphatic rings. The number of fused-ring (bicyclic) bond motifs is 1. The fourth-order valence-electron chi connectivity index (χ4n) is 3.01. The maximum atomic E-state index is 12.2. The smallest absolute Gasteiger partial charge is 0.250 e. The van der Waals surface area contributed by atoms with E-state index in [9.17, 15) is 4.79 Å². The average molecular weight is 432 g/mol. The second-order valence-corrected chi connectivity index (χ2v) is 7.88. The number of nitrogens with zero attached hydrogens (tertiary/aromatic N) is 6. The molecule has 31 heavy (non-hydrogen) atoms. The Morgan fingerprint density at radius 1 is 1.10 bits per heavy atom. The van der Waals surface area contributed by atoms with E-state index in [-0.39, 0.29) is 11.7 Å². The van der Waals surface area contributed by atoms with Gasteiger partial charge >= 0.3 is 0 Å². The van der Waals surface area contributed by atoms with Gasteiger partial charge in [0.05, 0.1) is 17.7 Å². The molecular formula is C22H21N7OS. The summed E-state index contributed by atoms with van der Waals surface area (Å²) in [6, 6.07) is 21.8. The normalized spacial score (nSPS) is 11.2. The minimum atomic E-state index is -0.237. The molecule has 1 aromatic heterocycles. The number of anilines is 1. The lowest BCUT2D eigenvalue weighted by atomic mass is 10.1. The molecule has 0 atom stereocenters. The van der Waals surface area contributed by atoms with Crippen molar-refractivity contribution in [3.8, 4) is 5.69 Å². The number of tetrazole rings is 1. The van der Waals surface area contributed by atoms with E-state index in [1.165, 1.54) is 11.8 Å². The highest BCUT2D eigenvalue weighted by molar-refractivity contribution is 7.99. The molecule has 1 N–H and O–H groups in total. The van der Waals surface area contributed by atoms with Gasteiger partial charge in [-0.15, -0.1) is 5.10 Å². The first kappa shape index (κ1) is 20.5. The van der Waals surface area contributed by atoms with Gasteiger partial charge in [-0.05, 0) is 39.6 Å². The lowest BCUT2D eigenvalue weighted by molar-refractivity contribution is -0.118. The first-order valence-electron chi connectivity index (χ1n) is 9.60. The quantitative estimate of drug-likeness (QED) is 0.275. The number of nitrogens with one attached hydrogen (secondary N) is 1. The first-order chi connectivity index (χ1) is 15.1. The molecule has 0 aliphatic carbocycles. The van der Waals surface area contributed by atoms with Crippen LogP contribution in [0.25, 0.3) is 16.5 Å². The number of aromatic nitrogens is 4. The molecule has 4 rings (SSSR count). The zero-order chi connectivity index (χ0) is 21.6. The maximum absolute atomic E-state index is 12.2. The van der Waals surface area contributed by atoms with Crippen molar-refractivity contribution < 1.29 is 4.79 Å². The van der Waals surface area contributed by atoms with Crippen LogP contribution in [0.4, 0.5) is 5.69 Å². The van der Waals surface area contributed by atoms with Gasteiger partial charge in [0.15, 0.2) is 0 Å². The molecule has 1 heterocycles. The fourth-order valence-corrected chi connectivity index (χ4v) is 3.69. The molecule has 156 valence electrons. The van der Waals surface area contributed by atoms with Crippen LogP contribution < -0.4 is 10.3 Å². The zero-order valence-corrected chi connectivity index (χ0v) is 18.0. The van der Waals surface area contributed by atoms with E-state index in [1.54, 1.807) is 10.9 Å². The minimum Gasteiger partial charge on any atom is -0.378 e. The van der Waals surface area contributed by atoms with Crippen molar-refractivity contribution in [1.82, 2.24) is 25.6 Å². The van der Waals surface area contributed by atoms with Crippen LogP contribution in [0.1, 0.15) is 5.56 Å². The molecule has 8 nitrogen and oxygen atoms in total. The molecule has 0 fully saturated rings. The highest BCUT2D eigenvalue weighted by atomic mass is 32.2. The van der Waals surface area contributed by atoms with Crippen LogP contribution in [0.5, 0.6) is 0 Å². The number of hydrazone groups is 1.